The number of nitrogens with one attached hydrogen (secondary N) is 1. The Labute approximate surface area is 180 Å². The zero-order chi connectivity index (χ0) is 21.8. The summed E-state index contributed by atoms with van der Waals surface area (Å²) in [7, 11) is 3.11. The van der Waals surface area contributed by atoms with Crippen LogP contribution >= 0.6 is 0 Å². The number of nitrogens with zero attached hydrogens (tertiary/aromatic N) is 3. The number of methoxy groups -OCH3 is 1. The molecular formula is C23H24N4O4. The maximum atomic E-state index is 12.8. The van der Waals surface area contributed by atoms with Gasteiger partial charge in [0.25, 0.3) is 11.5 Å². The van der Waals surface area contributed by atoms with Gasteiger partial charge < -0.3 is 19.7 Å². The first-order valence-corrected chi connectivity index (χ1v) is 10.1. The quantitative estimate of drug-likeness (QED) is 0.656. The first-order chi connectivity index (χ1) is 15.1. The third-order valence-corrected chi connectivity index (χ3v) is 5.16. The van der Waals surface area contributed by atoms with Crippen LogP contribution in [0.15, 0.2) is 59.5 Å². The number of aromatic nitrogens is 2. The maximum Gasteiger partial charge on any atom is 0.294 e. The highest BCUT2D eigenvalue weighted by Gasteiger charge is 2.20. The van der Waals surface area contributed by atoms with Crippen LogP contribution in [0.1, 0.15) is 23.2 Å². The van der Waals surface area contributed by atoms with Crippen LogP contribution in [0.2, 0.25) is 0 Å². The Morgan fingerprint density at radius 1 is 1.03 bits per heavy atom. The first-order valence-electron chi connectivity index (χ1n) is 10.1. The van der Waals surface area contributed by atoms with Crippen molar-refractivity contribution < 1.29 is 14.3 Å². The van der Waals surface area contributed by atoms with Crippen molar-refractivity contribution in [3.8, 4) is 17.2 Å². The zero-order valence-electron chi connectivity index (χ0n) is 17.5. The smallest absolute Gasteiger partial charge is 0.294 e. The Kier molecular flexibility index (Phi) is 5.88. The fraction of sp³-hybridized carbons (Fsp3) is 0.261. The van der Waals surface area contributed by atoms with E-state index in [9.17, 15) is 9.59 Å². The van der Waals surface area contributed by atoms with Crippen LogP contribution in [0.5, 0.6) is 17.2 Å². The number of ether oxygens (including phenoxy) is 2. The summed E-state index contributed by atoms with van der Waals surface area (Å²) in [6.45, 7) is 1.55. The monoisotopic (exact) mass is 420 g/mol. The molecule has 4 rings (SSSR count). The largest absolute Gasteiger partial charge is 0.493 e. The minimum absolute atomic E-state index is 0.00530. The molecule has 1 saturated heterocycles. The van der Waals surface area contributed by atoms with Crippen molar-refractivity contribution in [2.45, 2.75) is 12.8 Å². The van der Waals surface area contributed by atoms with Crippen LogP contribution in [-0.4, -0.2) is 40.8 Å². The SMILES string of the molecule is COc1ccccc1Oc1cnn(C)c(=O)c1Nc1cccc(C(=O)N2CCCC2)c1. The van der Waals surface area contributed by atoms with Gasteiger partial charge >= 0.3 is 0 Å². The molecule has 31 heavy (non-hydrogen) atoms. The van der Waals surface area contributed by atoms with Gasteiger partial charge in [-0.2, -0.15) is 5.10 Å². The second-order valence-electron chi connectivity index (χ2n) is 7.27. The van der Waals surface area contributed by atoms with Crippen molar-refractivity contribution in [1.82, 2.24) is 14.7 Å². The average molecular weight is 420 g/mol. The van der Waals surface area contributed by atoms with Gasteiger partial charge in [0, 0.05) is 31.4 Å². The summed E-state index contributed by atoms with van der Waals surface area (Å²) in [5, 5.41) is 7.18. The summed E-state index contributed by atoms with van der Waals surface area (Å²) in [5.74, 6) is 1.24. The lowest BCUT2D eigenvalue weighted by atomic mass is 10.1. The molecule has 3 aromatic rings. The average Bonchev–Trinajstić information content (AvgIpc) is 3.34. The molecule has 2 aromatic carbocycles. The van der Waals surface area contributed by atoms with Crippen molar-refractivity contribution in [2.75, 3.05) is 25.5 Å². The number of likely N-dealkylation sites (tertiary alicyclic amines) is 1. The molecule has 0 aliphatic carbocycles. The number of benzene rings is 2. The van der Waals surface area contributed by atoms with Crippen molar-refractivity contribution in [3.05, 3.63) is 70.6 Å². The van der Waals surface area contributed by atoms with Gasteiger partial charge in [-0.15, -0.1) is 0 Å². The van der Waals surface area contributed by atoms with Crippen LogP contribution < -0.4 is 20.3 Å². The summed E-state index contributed by atoms with van der Waals surface area (Å²) >= 11 is 0. The lowest BCUT2D eigenvalue weighted by Gasteiger charge is -2.17. The molecule has 1 aliphatic rings. The van der Waals surface area contributed by atoms with Crippen molar-refractivity contribution in [2.24, 2.45) is 7.05 Å². The maximum absolute atomic E-state index is 12.8. The van der Waals surface area contributed by atoms with Crippen LogP contribution in [0.4, 0.5) is 11.4 Å². The Balaban J connectivity index is 1.65. The molecule has 1 aromatic heterocycles. The highest BCUT2D eigenvalue weighted by Crippen LogP contribution is 2.34. The van der Waals surface area contributed by atoms with E-state index in [0.29, 0.717) is 22.7 Å². The number of para-hydroxylation sites is 2. The highest BCUT2D eigenvalue weighted by molar-refractivity contribution is 5.95. The van der Waals surface area contributed by atoms with E-state index in [1.165, 1.54) is 10.9 Å². The predicted molar refractivity (Wildman–Crippen MR) is 117 cm³/mol. The molecule has 1 N–H and O–H groups in total. The molecule has 8 nitrogen and oxygen atoms in total. The van der Waals surface area contributed by atoms with Gasteiger partial charge in [0.15, 0.2) is 22.9 Å². The normalized spacial score (nSPS) is 13.2. The van der Waals surface area contributed by atoms with E-state index in [4.69, 9.17) is 9.47 Å². The second-order valence-corrected chi connectivity index (χ2v) is 7.27. The van der Waals surface area contributed by atoms with E-state index in [2.05, 4.69) is 10.4 Å². The topological polar surface area (TPSA) is 85.7 Å². The second kappa shape index (κ2) is 8.91. The van der Waals surface area contributed by atoms with Crippen LogP contribution in [0.25, 0.3) is 0 Å². The van der Waals surface area contributed by atoms with Gasteiger partial charge in [-0.1, -0.05) is 18.2 Å². The number of aryl methyl sites for hydroxylation is 1. The fourth-order valence-electron chi connectivity index (χ4n) is 3.51. The van der Waals surface area contributed by atoms with Crippen molar-refractivity contribution in [3.63, 3.8) is 0 Å². The summed E-state index contributed by atoms with van der Waals surface area (Å²) in [6, 6.07) is 14.3. The number of rotatable bonds is 6. The van der Waals surface area contributed by atoms with Gasteiger partial charge in [-0.05, 0) is 43.2 Å². The minimum Gasteiger partial charge on any atom is -0.493 e. The third kappa shape index (κ3) is 4.37. The zero-order valence-corrected chi connectivity index (χ0v) is 17.5. The Morgan fingerprint density at radius 3 is 2.52 bits per heavy atom. The molecule has 1 fully saturated rings. The van der Waals surface area contributed by atoms with Gasteiger partial charge in [0.1, 0.15) is 0 Å². The number of carbonyl (C=O) groups is 1. The van der Waals surface area contributed by atoms with Crippen LogP contribution in [-0.2, 0) is 7.05 Å². The molecule has 0 bridgehead atoms. The number of hydrogen-bond donors (Lipinski definition) is 1. The van der Waals surface area contributed by atoms with E-state index in [0.717, 1.165) is 25.9 Å². The minimum atomic E-state index is -0.358. The molecule has 2 heterocycles. The molecule has 0 atom stereocenters. The molecule has 0 saturated carbocycles. The van der Waals surface area contributed by atoms with E-state index < -0.39 is 0 Å². The molecule has 1 amide bonds. The molecule has 0 radical (unpaired) electrons. The third-order valence-electron chi connectivity index (χ3n) is 5.16. The first kappa shape index (κ1) is 20.5. The summed E-state index contributed by atoms with van der Waals surface area (Å²) in [6.07, 6.45) is 3.52. The summed E-state index contributed by atoms with van der Waals surface area (Å²) < 4.78 is 12.5. The van der Waals surface area contributed by atoms with E-state index in [1.54, 1.807) is 50.6 Å². The fourth-order valence-corrected chi connectivity index (χ4v) is 3.51. The lowest BCUT2D eigenvalue weighted by molar-refractivity contribution is 0.0793. The van der Waals surface area contributed by atoms with Crippen LogP contribution in [0, 0.1) is 0 Å². The van der Waals surface area contributed by atoms with E-state index in [-0.39, 0.29) is 22.9 Å². The number of amides is 1. The van der Waals surface area contributed by atoms with Crippen LogP contribution in [0.3, 0.4) is 0 Å². The Hall–Kier alpha value is -3.81. The standard InChI is InChI=1S/C23H24N4O4/c1-26-23(29)21(20(15-24-26)31-19-11-4-3-10-18(19)30-2)25-17-9-7-8-16(14-17)22(28)27-12-5-6-13-27/h3-4,7-11,14-15,25H,5-6,12-13H2,1-2H3. The summed E-state index contributed by atoms with van der Waals surface area (Å²) in [4.78, 5) is 27.4. The molecule has 160 valence electrons. The number of anilines is 2. The van der Waals surface area contributed by atoms with Crippen molar-refractivity contribution in [1.29, 1.82) is 0 Å². The van der Waals surface area contributed by atoms with Gasteiger partial charge in [-0.25, -0.2) is 4.68 Å². The number of carbonyl (C=O) groups excluding carboxylic acids is 1. The molecule has 1 aliphatic heterocycles. The highest BCUT2D eigenvalue weighted by atomic mass is 16.5. The molecular weight excluding hydrogens is 396 g/mol. The van der Waals surface area contributed by atoms with Crippen molar-refractivity contribution >= 4 is 17.3 Å². The lowest BCUT2D eigenvalue weighted by Crippen LogP contribution is -2.27. The van der Waals surface area contributed by atoms with Gasteiger partial charge in [-0.3, -0.25) is 9.59 Å². The predicted octanol–water partition coefficient (Wildman–Crippen LogP) is 3.56. The summed E-state index contributed by atoms with van der Waals surface area (Å²) in [5.41, 5.74) is 1.04. The van der Waals surface area contributed by atoms with E-state index in [1.807, 2.05) is 17.0 Å². The molecule has 0 spiro atoms. The Morgan fingerprint density at radius 2 is 1.77 bits per heavy atom. The number of hydrogen-bond acceptors (Lipinski definition) is 6. The molecule has 0 unspecified atom stereocenters. The Bertz CT molecular complexity index is 1150. The molecule has 8 heteroatoms. The van der Waals surface area contributed by atoms with Gasteiger partial charge in [0.05, 0.1) is 13.3 Å². The van der Waals surface area contributed by atoms with Gasteiger partial charge in [0.2, 0.25) is 0 Å². The van der Waals surface area contributed by atoms with E-state index >= 15 is 0 Å².